The van der Waals surface area contributed by atoms with E-state index in [4.69, 9.17) is 4.74 Å². The minimum atomic E-state index is 0.0138. The molecule has 0 bridgehead atoms. The highest BCUT2D eigenvalue weighted by Gasteiger charge is 2.28. The van der Waals surface area contributed by atoms with Gasteiger partial charge >= 0.3 is 6.03 Å². The van der Waals surface area contributed by atoms with E-state index in [1.54, 1.807) is 7.05 Å². The molecule has 1 aliphatic heterocycles. The van der Waals surface area contributed by atoms with Gasteiger partial charge in [-0.3, -0.25) is 0 Å². The minimum Gasteiger partial charge on any atom is -0.377 e. The van der Waals surface area contributed by atoms with Crippen molar-refractivity contribution in [3.8, 4) is 0 Å². The molecule has 82 valence electrons. The van der Waals surface area contributed by atoms with Crippen LogP contribution in [-0.2, 0) is 4.74 Å². The first-order valence-electron chi connectivity index (χ1n) is 5.25. The van der Waals surface area contributed by atoms with E-state index in [0.29, 0.717) is 6.61 Å². The van der Waals surface area contributed by atoms with Crippen molar-refractivity contribution in [2.45, 2.75) is 38.8 Å². The molecular weight excluding hydrogens is 180 g/mol. The van der Waals surface area contributed by atoms with Crippen LogP contribution in [0.5, 0.6) is 0 Å². The van der Waals surface area contributed by atoms with Gasteiger partial charge in [0.05, 0.1) is 18.8 Å². The van der Waals surface area contributed by atoms with Gasteiger partial charge in [0.2, 0.25) is 0 Å². The van der Waals surface area contributed by atoms with E-state index in [2.05, 4.69) is 5.32 Å². The highest BCUT2D eigenvalue weighted by Crippen LogP contribution is 2.17. The van der Waals surface area contributed by atoms with Crippen LogP contribution in [0.4, 0.5) is 4.79 Å². The zero-order chi connectivity index (χ0) is 10.6. The van der Waals surface area contributed by atoms with E-state index in [1.807, 2.05) is 18.7 Å². The van der Waals surface area contributed by atoms with E-state index in [0.717, 1.165) is 19.4 Å². The summed E-state index contributed by atoms with van der Waals surface area (Å²) in [6, 6.07) is 0.275. The minimum absolute atomic E-state index is 0.0138. The van der Waals surface area contributed by atoms with E-state index in [9.17, 15) is 4.79 Å². The Morgan fingerprint density at radius 1 is 1.64 bits per heavy atom. The molecule has 0 spiro atoms. The molecule has 14 heavy (non-hydrogen) atoms. The molecule has 4 nitrogen and oxygen atoms in total. The Balaban J connectivity index is 2.39. The van der Waals surface area contributed by atoms with Gasteiger partial charge in [-0.2, -0.15) is 0 Å². The number of carbonyl (C=O) groups is 1. The fraction of sp³-hybridized carbons (Fsp3) is 0.900. The average molecular weight is 200 g/mol. The lowest BCUT2D eigenvalue weighted by Gasteiger charge is -2.24. The third kappa shape index (κ3) is 2.87. The molecule has 1 saturated heterocycles. The Bertz CT molecular complexity index is 195. The van der Waals surface area contributed by atoms with Gasteiger partial charge < -0.3 is 15.0 Å². The molecule has 2 amide bonds. The molecule has 1 atom stereocenters. The quantitative estimate of drug-likeness (QED) is 0.744. The van der Waals surface area contributed by atoms with Crippen LogP contribution in [0.1, 0.15) is 26.7 Å². The fourth-order valence-corrected chi connectivity index (χ4v) is 1.72. The number of ether oxygens (including phenoxy) is 1. The average Bonchev–Trinajstić information content (AvgIpc) is 2.61. The molecule has 4 heteroatoms. The Morgan fingerprint density at radius 2 is 2.36 bits per heavy atom. The largest absolute Gasteiger partial charge is 0.377 e. The van der Waals surface area contributed by atoms with Crippen LogP contribution in [-0.4, -0.2) is 43.3 Å². The number of nitrogens with zero attached hydrogens (tertiary/aromatic N) is 1. The number of rotatable bonds is 3. The Labute approximate surface area is 85.6 Å². The van der Waals surface area contributed by atoms with Gasteiger partial charge in [0.25, 0.3) is 0 Å². The second kappa shape index (κ2) is 5.20. The number of likely N-dealkylation sites (tertiary alicyclic amines) is 1. The highest BCUT2D eigenvalue weighted by molar-refractivity contribution is 5.74. The SMILES string of the molecule is CNC(=O)N1CCCC1COC(C)C. The summed E-state index contributed by atoms with van der Waals surface area (Å²) in [4.78, 5) is 13.3. The number of urea groups is 1. The molecule has 1 fully saturated rings. The summed E-state index contributed by atoms with van der Waals surface area (Å²) in [6.45, 7) is 5.54. The normalized spacial score (nSPS) is 21.7. The van der Waals surface area contributed by atoms with Crippen LogP contribution in [0.15, 0.2) is 0 Å². The molecule has 1 N–H and O–H groups in total. The van der Waals surface area contributed by atoms with Crippen LogP contribution in [0.3, 0.4) is 0 Å². The number of hydrogen-bond acceptors (Lipinski definition) is 2. The fourth-order valence-electron chi connectivity index (χ4n) is 1.72. The second-order valence-electron chi connectivity index (χ2n) is 3.93. The summed E-state index contributed by atoms with van der Waals surface area (Å²) in [5.74, 6) is 0. The molecule has 1 unspecified atom stereocenters. The molecular formula is C10H20N2O2. The van der Waals surface area contributed by atoms with Crippen LogP contribution >= 0.6 is 0 Å². The predicted octanol–water partition coefficient (Wildman–Crippen LogP) is 1.22. The summed E-state index contributed by atoms with van der Waals surface area (Å²) >= 11 is 0. The molecule has 0 aliphatic carbocycles. The number of carbonyl (C=O) groups excluding carboxylic acids is 1. The van der Waals surface area contributed by atoms with Gasteiger partial charge in [0.1, 0.15) is 0 Å². The molecule has 1 aliphatic rings. The highest BCUT2D eigenvalue weighted by atomic mass is 16.5. The van der Waals surface area contributed by atoms with Crippen molar-refractivity contribution >= 4 is 6.03 Å². The Hall–Kier alpha value is -0.770. The van der Waals surface area contributed by atoms with Crippen molar-refractivity contribution in [2.24, 2.45) is 0 Å². The van der Waals surface area contributed by atoms with Crippen LogP contribution in [0, 0.1) is 0 Å². The van der Waals surface area contributed by atoms with Crippen molar-refractivity contribution in [1.82, 2.24) is 10.2 Å². The lowest BCUT2D eigenvalue weighted by atomic mass is 10.2. The van der Waals surface area contributed by atoms with E-state index in [1.165, 1.54) is 0 Å². The summed E-state index contributed by atoms with van der Waals surface area (Å²) in [5, 5.41) is 2.66. The van der Waals surface area contributed by atoms with E-state index < -0.39 is 0 Å². The second-order valence-corrected chi connectivity index (χ2v) is 3.93. The molecule has 0 radical (unpaired) electrons. The topological polar surface area (TPSA) is 41.6 Å². The first-order chi connectivity index (χ1) is 6.65. The predicted molar refractivity (Wildman–Crippen MR) is 55.3 cm³/mol. The van der Waals surface area contributed by atoms with Crippen LogP contribution < -0.4 is 5.32 Å². The van der Waals surface area contributed by atoms with Crippen molar-refractivity contribution in [1.29, 1.82) is 0 Å². The number of hydrogen-bond donors (Lipinski definition) is 1. The lowest BCUT2D eigenvalue weighted by Crippen LogP contribution is -2.43. The van der Waals surface area contributed by atoms with Gasteiger partial charge in [-0.05, 0) is 26.7 Å². The number of nitrogens with one attached hydrogen (secondary N) is 1. The monoisotopic (exact) mass is 200 g/mol. The molecule has 0 aromatic carbocycles. The number of amides is 2. The molecule has 1 heterocycles. The van der Waals surface area contributed by atoms with Crippen molar-refractivity contribution in [3.05, 3.63) is 0 Å². The summed E-state index contributed by atoms with van der Waals surface area (Å²) in [6.07, 6.45) is 2.38. The van der Waals surface area contributed by atoms with Gasteiger partial charge in [-0.1, -0.05) is 0 Å². The van der Waals surface area contributed by atoms with Gasteiger partial charge in [0, 0.05) is 13.6 Å². The van der Waals surface area contributed by atoms with E-state index >= 15 is 0 Å². The van der Waals surface area contributed by atoms with Crippen molar-refractivity contribution in [3.63, 3.8) is 0 Å². The van der Waals surface area contributed by atoms with Crippen molar-refractivity contribution in [2.75, 3.05) is 20.2 Å². The molecule has 1 rings (SSSR count). The van der Waals surface area contributed by atoms with Gasteiger partial charge in [-0.15, -0.1) is 0 Å². The summed E-state index contributed by atoms with van der Waals surface area (Å²) < 4.78 is 5.53. The first kappa shape index (κ1) is 11.3. The van der Waals surface area contributed by atoms with E-state index in [-0.39, 0.29) is 18.2 Å². The first-order valence-corrected chi connectivity index (χ1v) is 5.25. The molecule has 0 saturated carbocycles. The maximum absolute atomic E-state index is 11.4. The van der Waals surface area contributed by atoms with Crippen LogP contribution in [0.25, 0.3) is 0 Å². The van der Waals surface area contributed by atoms with Crippen molar-refractivity contribution < 1.29 is 9.53 Å². The standard InChI is InChI=1S/C10H20N2O2/c1-8(2)14-7-9-5-4-6-12(9)10(13)11-3/h8-9H,4-7H2,1-3H3,(H,11,13). The smallest absolute Gasteiger partial charge is 0.317 e. The van der Waals surface area contributed by atoms with Gasteiger partial charge in [0.15, 0.2) is 0 Å². The zero-order valence-electron chi connectivity index (χ0n) is 9.25. The van der Waals surface area contributed by atoms with Crippen LogP contribution in [0.2, 0.25) is 0 Å². The molecule has 0 aromatic rings. The maximum Gasteiger partial charge on any atom is 0.317 e. The third-order valence-corrected chi connectivity index (χ3v) is 2.47. The third-order valence-electron chi connectivity index (χ3n) is 2.47. The zero-order valence-corrected chi connectivity index (χ0v) is 9.25. The summed E-state index contributed by atoms with van der Waals surface area (Å²) in [5.41, 5.74) is 0. The Morgan fingerprint density at radius 3 is 2.93 bits per heavy atom. The lowest BCUT2D eigenvalue weighted by molar-refractivity contribution is 0.0449. The molecule has 0 aromatic heterocycles. The maximum atomic E-state index is 11.4. The summed E-state index contributed by atoms with van der Waals surface area (Å²) in [7, 11) is 1.67. The Kier molecular flexibility index (Phi) is 4.20. The van der Waals surface area contributed by atoms with Gasteiger partial charge in [-0.25, -0.2) is 4.79 Å².